The summed E-state index contributed by atoms with van der Waals surface area (Å²) in [4.78, 5) is 14.0. The van der Waals surface area contributed by atoms with Crippen LogP contribution < -0.4 is 14.4 Å². The smallest absolute Gasteiger partial charge is 0.270 e. The number of ether oxygens (including phenoxy) is 2. The number of benzene rings is 1. The summed E-state index contributed by atoms with van der Waals surface area (Å²) in [5.41, 5.74) is 0.285. The summed E-state index contributed by atoms with van der Waals surface area (Å²) in [6.07, 6.45) is 1.65. The van der Waals surface area contributed by atoms with Crippen molar-refractivity contribution in [3.63, 3.8) is 0 Å². The predicted molar refractivity (Wildman–Crippen MR) is 76.2 cm³/mol. The van der Waals surface area contributed by atoms with Gasteiger partial charge in [0.15, 0.2) is 17.1 Å². The monoisotopic (exact) mass is 277 g/mol. The van der Waals surface area contributed by atoms with E-state index in [1.165, 1.54) is 7.11 Å². The number of carbonyl (C=O) groups excluding carboxylic acids is 1. The molecule has 5 heteroatoms. The number of aliphatic hydroxyl groups is 1. The number of amides is 1. The number of fused-ring (bicyclic) bond motifs is 1. The molecule has 5 nitrogen and oxygen atoms in total. The predicted octanol–water partition coefficient (Wildman–Crippen LogP) is 1.88. The quantitative estimate of drug-likeness (QED) is 0.854. The lowest BCUT2D eigenvalue weighted by Gasteiger charge is -2.39. The summed E-state index contributed by atoms with van der Waals surface area (Å²) < 4.78 is 11.1. The average molecular weight is 277 g/mol. The van der Waals surface area contributed by atoms with Gasteiger partial charge in [0.2, 0.25) is 0 Å². The highest BCUT2D eigenvalue weighted by Gasteiger charge is 2.42. The molecule has 1 aliphatic rings. The highest BCUT2D eigenvalue weighted by Crippen LogP contribution is 2.45. The molecule has 0 fully saturated rings. The lowest BCUT2D eigenvalue weighted by Crippen LogP contribution is -2.52. The summed E-state index contributed by atoms with van der Waals surface area (Å²) >= 11 is 0. The standard InChI is InChI=1S/C15H19NO4/c1-5-6-16-11-7-10(9-17)8-12(19-4)13(11)20-15(2,3)14(16)18/h5,7-8,17H,1,6,9H2,2-4H3. The Kier molecular flexibility index (Phi) is 3.72. The second kappa shape index (κ2) is 5.17. The van der Waals surface area contributed by atoms with Gasteiger partial charge in [-0.25, -0.2) is 0 Å². The molecule has 108 valence electrons. The number of aliphatic hydroxyl groups excluding tert-OH is 1. The first-order valence-corrected chi connectivity index (χ1v) is 6.38. The zero-order valence-electron chi connectivity index (χ0n) is 12.0. The highest BCUT2D eigenvalue weighted by molar-refractivity contribution is 6.03. The molecule has 1 heterocycles. The molecule has 0 atom stereocenters. The number of hydrogen-bond acceptors (Lipinski definition) is 4. The van der Waals surface area contributed by atoms with Crippen LogP contribution in [0.15, 0.2) is 24.8 Å². The molecular weight excluding hydrogens is 258 g/mol. The molecule has 0 aromatic heterocycles. The third-order valence-corrected chi connectivity index (χ3v) is 3.22. The zero-order chi connectivity index (χ0) is 14.9. The third-order valence-electron chi connectivity index (χ3n) is 3.22. The molecule has 1 amide bonds. The van der Waals surface area contributed by atoms with E-state index in [4.69, 9.17) is 9.47 Å². The van der Waals surface area contributed by atoms with Crippen LogP contribution in [-0.2, 0) is 11.4 Å². The van der Waals surface area contributed by atoms with Crippen molar-refractivity contribution >= 4 is 11.6 Å². The summed E-state index contributed by atoms with van der Waals surface area (Å²) in [5, 5.41) is 9.32. The van der Waals surface area contributed by atoms with Gasteiger partial charge in [-0.15, -0.1) is 6.58 Å². The van der Waals surface area contributed by atoms with Gasteiger partial charge in [-0.05, 0) is 31.5 Å². The van der Waals surface area contributed by atoms with Crippen LogP contribution in [0.1, 0.15) is 19.4 Å². The molecule has 0 radical (unpaired) electrons. The maximum Gasteiger partial charge on any atom is 0.270 e. The molecule has 2 rings (SSSR count). The van der Waals surface area contributed by atoms with Crippen LogP contribution in [-0.4, -0.2) is 30.3 Å². The van der Waals surface area contributed by atoms with Crippen LogP contribution in [0.2, 0.25) is 0 Å². The first-order chi connectivity index (χ1) is 9.44. The van der Waals surface area contributed by atoms with Crippen molar-refractivity contribution in [2.75, 3.05) is 18.6 Å². The van der Waals surface area contributed by atoms with Crippen molar-refractivity contribution in [2.24, 2.45) is 0 Å². The second-order valence-corrected chi connectivity index (χ2v) is 5.12. The van der Waals surface area contributed by atoms with Crippen molar-refractivity contribution in [3.8, 4) is 11.5 Å². The van der Waals surface area contributed by atoms with E-state index >= 15 is 0 Å². The van der Waals surface area contributed by atoms with Crippen molar-refractivity contribution in [3.05, 3.63) is 30.4 Å². The van der Waals surface area contributed by atoms with Crippen molar-refractivity contribution in [2.45, 2.75) is 26.1 Å². The van der Waals surface area contributed by atoms with E-state index in [9.17, 15) is 9.90 Å². The molecule has 0 spiro atoms. The van der Waals surface area contributed by atoms with E-state index in [1.807, 2.05) is 0 Å². The van der Waals surface area contributed by atoms with E-state index in [-0.39, 0.29) is 12.5 Å². The summed E-state index contributed by atoms with van der Waals surface area (Å²) in [6.45, 7) is 7.35. The van der Waals surface area contributed by atoms with Gasteiger partial charge in [0.05, 0.1) is 19.4 Å². The average Bonchev–Trinajstić information content (AvgIpc) is 2.43. The Morgan fingerprint density at radius 3 is 2.75 bits per heavy atom. The molecule has 1 aromatic carbocycles. The Labute approximate surface area is 118 Å². The molecule has 1 aliphatic heterocycles. The van der Waals surface area contributed by atoms with Gasteiger partial charge in [-0.3, -0.25) is 4.79 Å². The number of methoxy groups -OCH3 is 1. The van der Waals surface area contributed by atoms with Crippen LogP contribution in [0, 0.1) is 0 Å². The van der Waals surface area contributed by atoms with Gasteiger partial charge in [0, 0.05) is 6.54 Å². The number of rotatable bonds is 4. The second-order valence-electron chi connectivity index (χ2n) is 5.12. The van der Waals surface area contributed by atoms with E-state index < -0.39 is 5.60 Å². The molecular formula is C15H19NO4. The van der Waals surface area contributed by atoms with Crippen LogP contribution in [0.25, 0.3) is 0 Å². The normalized spacial score (nSPS) is 16.4. The Morgan fingerprint density at radius 1 is 1.50 bits per heavy atom. The Balaban J connectivity index is 2.65. The fraction of sp³-hybridized carbons (Fsp3) is 0.400. The Bertz CT molecular complexity index is 551. The molecule has 0 unspecified atom stereocenters. The maximum atomic E-state index is 12.4. The molecule has 0 saturated carbocycles. The van der Waals surface area contributed by atoms with Crippen LogP contribution in [0.5, 0.6) is 11.5 Å². The lowest BCUT2D eigenvalue weighted by molar-refractivity contribution is -0.132. The fourth-order valence-electron chi connectivity index (χ4n) is 2.23. The van der Waals surface area contributed by atoms with Gasteiger partial charge in [-0.2, -0.15) is 0 Å². The maximum absolute atomic E-state index is 12.4. The third kappa shape index (κ3) is 2.25. The summed E-state index contributed by atoms with van der Waals surface area (Å²) in [5.74, 6) is 0.861. The van der Waals surface area contributed by atoms with E-state index in [0.29, 0.717) is 29.3 Å². The van der Waals surface area contributed by atoms with E-state index in [0.717, 1.165) is 0 Å². The van der Waals surface area contributed by atoms with Gasteiger partial charge < -0.3 is 19.5 Å². The topological polar surface area (TPSA) is 59.0 Å². The van der Waals surface area contributed by atoms with Crippen molar-refractivity contribution in [1.29, 1.82) is 0 Å². The molecule has 1 aromatic rings. The Hall–Kier alpha value is -2.01. The first kappa shape index (κ1) is 14.4. The SMILES string of the molecule is C=CCN1C(=O)C(C)(C)Oc2c(OC)cc(CO)cc21. The first-order valence-electron chi connectivity index (χ1n) is 6.38. The summed E-state index contributed by atoms with van der Waals surface area (Å²) in [7, 11) is 1.53. The molecule has 0 aliphatic carbocycles. The van der Waals surface area contributed by atoms with Crippen LogP contribution in [0.3, 0.4) is 0 Å². The number of carbonyl (C=O) groups is 1. The number of hydrogen-bond donors (Lipinski definition) is 1. The molecule has 1 N–H and O–H groups in total. The minimum absolute atomic E-state index is 0.136. The van der Waals surface area contributed by atoms with Gasteiger partial charge in [0.1, 0.15) is 0 Å². The van der Waals surface area contributed by atoms with E-state index in [2.05, 4.69) is 6.58 Å². The van der Waals surface area contributed by atoms with Crippen molar-refractivity contribution < 1.29 is 19.4 Å². The van der Waals surface area contributed by atoms with Gasteiger partial charge in [-0.1, -0.05) is 6.08 Å². The fourth-order valence-corrected chi connectivity index (χ4v) is 2.23. The molecule has 20 heavy (non-hydrogen) atoms. The van der Waals surface area contributed by atoms with Crippen LogP contribution in [0.4, 0.5) is 5.69 Å². The lowest BCUT2D eigenvalue weighted by atomic mass is 10.0. The van der Waals surface area contributed by atoms with Gasteiger partial charge in [0.25, 0.3) is 5.91 Å². The van der Waals surface area contributed by atoms with Crippen LogP contribution >= 0.6 is 0 Å². The van der Waals surface area contributed by atoms with Crippen molar-refractivity contribution in [1.82, 2.24) is 0 Å². The number of nitrogens with zero attached hydrogens (tertiary/aromatic N) is 1. The Morgan fingerprint density at radius 2 is 2.20 bits per heavy atom. The molecule has 0 saturated heterocycles. The minimum atomic E-state index is -0.968. The van der Waals surface area contributed by atoms with E-state index in [1.54, 1.807) is 37.0 Å². The van der Waals surface area contributed by atoms with Gasteiger partial charge >= 0.3 is 0 Å². The minimum Gasteiger partial charge on any atom is -0.493 e. The summed E-state index contributed by atoms with van der Waals surface area (Å²) in [6, 6.07) is 3.44. The molecule has 0 bridgehead atoms. The largest absolute Gasteiger partial charge is 0.493 e. The zero-order valence-corrected chi connectivity index (χ0v) is 12.0. The highest BCUT2D eigenvalue weighted by atomic mass is 16.5. The number of anilines is 1.